The van der Waals surface area contributed by atoms with E-state index in [4.69, 9.17) is 0 Å². The summed E-state index contributed by atoms with van der Waals surface area (Å²) in [6.07, 6.45) is 0. The number of para-hydroxylation sites is 1. The molecule has 0 saturated heterocycles. The summed E-state index contributed by atoms with van der Waals surface area (Å²) in [5.74, 6) is 0.141. The molecule has 0 bridgehead atoms. The Kier molecular flexibility index (Phi) is 2.76. The lowest BCUT2D eigenvalue weighted by atomic mass is 10.1. The van der Waals surface area contributed by atoms with Gasteiger partial charge in [0, 0.05) is 11.6 Å². The first-order chi connectivity index (χ1) is 5.90. The van der Waals surface area contributed by atoms with Gasteiger partial charge in [-0.15, -0.1) is 8.78 Å². The Morgan fingerprint density at radius 2 is 1.69 bits per heavy atom. The van der Waals surface area contributed by atoms with Crippen LogP contribution in [-0.4, -0.2) is 5.57 Å². The van der Waals surface area contributed by atoms with Gasteiger partial charge in [-0.2, -0.15) is 0 Å². The summed E-state index contributed by atoms with van der Waals surface area (Å²) in [5, 5.41) is 0. The third-order valence-corrected chi connectivity index (χ3v) is 1.70. The van der Waals surface area contributed by atoms with Crippen LogP contribution in [0.5, 0.6) is 5.75 Å². The summed E-state index contributed by atoms with van der Waals surface area (Å²) in [5.41, 5.74) is -2.36. The smallest absolute Gasteiger partial charge is 0.419 e. The summed E-state index contributed by atoms with van der Waals surface area (Å²) >= 11 is 4.66. The topological polar surface area (TPSA) is 9.23 Å². The minimum Gasteiger partial charge on any atom is -0.419 e. The molecule has 0 aliphatic heterocycles. The van der Waals surface area contributed by atoms with Gasteiger partial charge >= 0.3 is 5.57 Å². The van der Waals surface area contributed by atoms with Crippen molar-refractivity contribution in [3.05, 3.63) is 29.3 Å². The molecule has 0 amide bonds. The molecule has 1 aromatic rings. The highest BCUT2D eigenvalue weighted by Crippen LogP contribution is 2.30. The normalized spacial score (nSPS) is 11.5. The van der Waals surface area contributed by atoms with Crippen molar-refractivity contribution in [1.29, 1.82) is 0 Å². The molecule has 1 rings (SSSR count). The molecule has 0 atom stereocenters. The van der Waals surface area contributed by atoms with E-state index in [0.29, 0.717) is 11.1 Å². The summed E-state index contributed by atoms with van der Waals surface area (Å²) in [6, 6.07) is 5.14. The molecule has 0 aliphatic rings. The second-order valence-electron chi connectivity index (χ2n) is 2.77. The van der Waals surface area contributed by atoms with Crippen molar-refractivity contribution in [1.82, 2.24) is 0 Å². The van der Waals surface area contributed by atoms with Gasteiger partial charge in [-0.25, -0.2) is 0 Å². The van der Waals surface area contributed by atoms with Crippen LogP contribution < -0.4 is 4.74 Å². The number of hydrogen-bond donors (Lipinski definition) is 0. The van der Waals surface area contributed by atoms with Gasteiger partial charge in [-0.05, 0) is 25.0 Å². The zero-order valence-electron chi connectivity index (χ0n) is 7.27. The van der Waals surface area contributed by atoms with Crippen molar-refractivity contribution in [2.45, 2.75) is 19.4 Å². The minimum atomic E-state index is -3.64. The lowest BCUT2D eigenvalue weighted by Crippen LogP contribution is -2.17. The molecule has 13 heavy (non-hydrogen) atoms. The number of ether oxygens (including phenoxy) is 1. The van der Waals surface area contributed by atoms with Gasteiger partial charge in [-0.1, -0.05) is 18.2 Å². The van der Waals surface area contributed by atoms with Crippen molar-refractivity contribution in [3.8, 4) is 5.75 Å². The van der Waals surface area contributed by atoms with Crippen LogP contribution in [0, 0.1) is 13.8 Å². The SMILES string of the molecule is Cc1cccc(C)c1OC(F)(F)Cl. The average molecular weight is 207 g/mol. The van der Waals surface area contributed by atoms with E-state index in [1.54, 1.807) is 32.0 Å². The van der Waals surface area contributed by atoms with Crippen LogP contribution in [0.3, 0.4) is 0 Å². The van der Waals surface area contributed by atoms with Gasteiger partial charge in [-0.3, -0.25) is 0 Å². The molecule has 0 aromatic heterocycles. The lowest BCUT2D eigenvalue weighted by molar-refractivity contribution is -0.0972. The van der Waals surface area contributed by atoms with E-state index in [1.807, 2.05) is 0 Å². The fourth-order valence-corrected chi connectivity index (χ4v) is 1.15. The average Bonchev–Trinajstić information content (AvgIpc) is 1.95. The molecule has 0 unspecified atom stereocenters. The maximum atomic E-state index is 12.3. The van der Waals surface area contributed by atoms with Crippen LogP contribution in [0.15, 0.2) is 18.2 Å². The van der Waals surface area contributed by atoms with Crippen molar-refractivity contribution in [3.63, 3.8) is 0 Å². The quantitative estimate of drug-likeness (QED) is 0.674. The highest BCUT2D eigenvalue weighted by Gasteiger charge is 2.28. The molecule has 0 fully saturated rings. The van der Waals surface area contributed by atoms with Crippen molar-refractivity contribution >= 4 is 11.6 Å². The Hall–Kier alpha value is -0.830. The number of hydrogen-bond acceptors (Lipinski definition) is 1. The van der Waals surface area contributed by atoms with Crippen LogP contribution in [0.25, 0.3) is 0 Å². The molecule has 0 radical (unpaired) electrons. The number of aryl methyl sites for hydroxylation is 2. The Bertz CT molecular complexity index is 287. The number of rotatable bonds is 2. The third kappa shape index (κ3) is 2.84. The van der Waals surface area contributed by atoms with E-state index in [2.05, 4.69) is 16.3 Å². The molecule has 4 heteroatoms. The standard InChI is InChI=1S/C9H9ClF2O/c1-6-4-3-5-7(2)8(6)13-9(10,11)12/h3-5H,1-2H3. The highest BCUT2D eigenvalue weighted by atomic mass is 35.5. The largest absolute Gasteiger partial charge is 0.487 e. The van der Waals surface area contributed by atoms with Gasteiger partial charge in [0.15, 0.2) is 0 Å². The van der Waals surface area contributed by atoms with Gasteiger partial charge in [0.05, 0.1) is 0 Å². The maximum Gasteiger partial charge on any atom is 0.487 e. The van der Waals surface area contributed by atoms with Gasteiger partial charge < -0.3 is 4.74 Å². The third-order valence-electron chi connectivity index (χ3n) is 1.63. The molecule has 0 aliphatic carbocycles. The van der Waals surface area contributed by atoms with Crippen LogP contribution in [0.4, 0.5) is 8.78 Å². The predicted octanol–water partition coefficient (Wildman–Crippen LogP) is 3.47. The Morgan fingerprint density at radius 3 is 2.08 bits per heavy atom. The Balaban J connectivity index is 3.00. The molecule has 0 saturated carbocycles. The van der Waals surface area contributed by atoms with Gasteiger partial charge in [0.2, 0.25) is 0 Å². The van der Waals surface area contributed by atoms with Crippen LogP contribution in [0.1, 0.15) is 11.1 Å². The molecule has 0 N–H and O–H groups in total. The van der Waals surface area contributed by atoms with E-state index in [0.717, 1.165) is 0 Å². The highest BCUT2D eigenvalue weighted by molar-refractivity contribution is 6.20. The van der Waals surface area contributed by atoms with Gasteiger partial charge in [0.1, 0.15) is 5.75 Å². The first-order valence-electron chi connectivity index (χ1n) is 3.72. The zero-order chi connectivity index (χ0) is 10.1. The molecular weight excluding hydrogens is 198 g/mol. The number of halogens is 3. The summed E-state index contributed by atoms with van der Waals surface area (Å²) in [6.45, 7) is 3.37. The maximum absolute atomic E-state index is 12.3. The van der Waals surface area contributed by atoms with E-state index in [9.17, 15) is 8.78 Å². The summed E-state index contributed by atoms with van der Waals surface area (Å²) in [7, 11) is 0. The first kappa shape index (κ1) is 10.3. The molecule has 1 nitrogen and oxygen atoms in total. The second-order valence-corrected chi connectivity index (χ2v) is 3.21. The van der Waals surface area contributed by atoms with Crippen LogP contribution in [-0.2, 0) is 0 Å². The van der Waals surface area contributed by atoms with Crippen LogP contribution in [0.2, 0.25) is 0 Å². The van der Waals surface area contributed by atoms with Crippen molar-refractivity contribution in [2.75, 3.05) is 0 Å². The van der Waals surface area contributed by atoms with Crippen molar-refractivity contribution in [2.24, 2.45) is 0 Å². The predicted molar refractivity (Wildman–Crippen MR) is 47.3 cm³/mol. The van der Waals surface area contributed by atoms with E-state index in [1.165, 1.54) is 0 Å². The molecule has 1 aromatic carbocycles. The zero-order valence-corrected chi connectivity index (χ0v) is 8.03. The molecule has 0 heterocycles. The summed E-state index contributed by atoms with van der Waals surface area (Å²) in [4.78, 5) is 0. The lowest BCUT2D eigenvalue weighted by Gasteiger charge is -2.14. The Morgan fingerprint density at radius 1 is 1.23 bits per heavy atom. The van der Waals surface area contributed by atoms with E-state index in [-0.39, 0.29) is 5.75 Å². The molecule has 72 valence electrons. The minimum absolute atomic E-state index is 0.141. The first-order valence-corrected chi connectivity index (χ1v) is 4.10. The fraction of sp³-hybridized carbons (Fsp3) is 0.333. The fourth-order valence-electron chi connectivity index (χ4n) is 1.08. The number of benzene rings is 1. The van der Waals surface area contributed by atoms with E-state index < -0.39 is 5.57 Å². The Labute approximate surface area is 80.3 Å². The molecular formula is C9H9ClF2O. The second kappa shape index (κ2) is 3.50. The number of alkyl halides is 3. The van der Waals surface area contributed by atoms with Crippen LogP contribution >= 0.6 is 11.6 Å². The van der Waals surface area contributed by atoms with Gasteiger partial charge in [0.25, 0.3) is 0 Å². The summed E-state index contributed by atoms with van der Waals surface area (Å²) < 4.78 is 28.9. The monoisotopic (exact) mass is 206 g/mol. The van der Waals surface area contributed by atoms with Crippen molar-refractivity contribution < 1.29 is 13.5 Å². The van der Waals surface area contributed by atoms with E-state index >= 15 is 0 Å². The molecule has 0 spiro atoms.